The highest BCUT2D eigenvalue weighted by atomic mass is 16.5. The first kappa shape index (κ1) is 17.3. The highest BCUT2D eigenvalue weighted by Gasteiger charge is 2.33. The van der Waals surface area contributed by atoms with Crippen LogP contribution in [0.25, 0.3) is 10.8 Å². The number of nitrogens with two attached hydrogens (primary N) is 1. The summed E-state index contributed by atoms with van der Waals surface area (Å²) in [4.78, 5) is 12.6. The molecule has 3 N–H and O–H groups in total. The molecule has 0 saturated heterocycles. The first-order valence-electron chi connectivity index (χ1n) is 8.14. The predicted octanol–water partition coefficient (Wildman–Crippen LogP) is 3.23. The molecule has 0 atom stereocenters. The molecule has 0 radical (unpaired) electrons. The maximum absolute atomic E-state index is 12.6. The topological polar surface area (TPSA) is 64.4 Å². The van der Waals surface area contributed by atoms with Crippen molar-refractivity contribution in [3.63, 3.8) is 0 Å². The van der Waals surface area contributed by atoms with Crippen LogP contribution in [0.4, 0.5) is 0 Å². The summed E-state index contributed by atoms with van der Waals surface area (Å²) >= 11 is 0. The van der Waals surface area contributed by atoms with E-state index in [4.69, 9.17) is 10.5 Å². The number of carbonyl (C=O) groups excluding carboxylic acids is 1. The summed E-state index contributed by atoms with van der Waals surface area (Å²) in [6, 6.07) is 12.1. The van der Waals surface area contributed by atoms with E-state index in [1.807, 2.05) is 38.1 Å². The number of ether oxygens (including phenoxy) is 1. The van der Waals surface area contributed by atoms with Gasteiger partial charge in [-0.2, -0.15) is 0 Å². The molecule has 0 unspecified atom stereocenters. The van der Waals surface area contributed by atoms with Gasteiger partial charge < -0.3 is 15.8 Å². The van der Waals surface area contributed by atoms with Gasteiger partial charge >= 0.3 is 0 Å². The van der Waals surface area contributed by atoms with Gasteiger partial charge in [-0.3, -0.25) is 4.79 Å². The summed E-state index contributed by atoms with van der Waals surface area (Å²) in [5, 5.41) is 5.29. The molecule has 0 heterocycles. The van der Waals surface area contributed by atoms with Gasteiger partial charge in [0.2, 0.25) is 5.91 Å². The molecule has 2 rings (SSSR count). The molecule has 2 aromatic rings. The molecule has 0 bridgehead atoms. The van der Waals surface area contributed by atoms with Crippen molar-refractivity contribution in [3.8, 4) is 5.75 Å². The quantitative estimate of drug-likeness (QED) is 0.824. The maximum atomic E-state index is 12.6. The van der Waals surface area contributed by atoms with Crippen LogP contribution in [0.15, 0.2) is 36.4 Å². The molecular weight excluding hydrogens is 288 g/mol. The Hall–Kier alpha value is -2.07. The van der Waals surface area contributed by atoms with Crippen molar-refractivity contribution < 1.29 is 9.53 Å². The third-order valence-electron chi connectivity index (χ3n) is 4.87. The molecule has 2 aromatic carbocycles. The SMILES string of the molecule is CCC(CC)(CN)C(=O)NCc1c(OC)ccc2ccccc12. The lowest BCUT2D eigenvalue weighted by Crippen LogP contribution is -2.45. The van der Waals surface area contributed by atoms with Crippen LogP contribution < -0.4 is 15.8 Å². The molecular formula is C19H26N2O2. The molecule has 0 saturated carbocycles. The Bertz CT molecular complexity index is 670. The molecule has 4 nitrogen and oxygen atoms in total. The van der Waals surface area contributed by atoms with Gasteiger partial charge in [-0.25, -0.2) is 0 Å². The minimum absolute atomic E-state index is 0.0139. The third kappa shape index (κ3) is 3.32. The zero-order valence-corrected chi connectivity index (χ0v) is 14.2. The largest absolute Gasteiger partial charge is 0.496 e. The van der Waals surface area contributed by atoms with E-state index in [0.29, 0.717) is 13.1 Å². The van der Waals surface area contributed by atoms with Crippen LogP contribution in [-0.4, -0.2) is 19.6 Å². The fourth-order valence-corrected chi connectivity index (χ4v) is 3.00. The van der Waals surface area contributed by atoms with Crippen molar-refractivity contribution >= 4 is 16.7 Å². The van der Waals surface area contributed by atoms with Gasteiger partial charge in [0.1, 0.15) is 5.75 Å². The van der Waals surface area contributed by atoms with E-state index in [-0.39, 0.29) is 5.91 Å². The Morgan fingerprint density at radius 3 is 2.48 bits per heavy atom. The van der Waals surface area contributed by atoms with Gasteiger partial charge in [-0.15, -0.1) is 0 Å². The van der Waals surface area contributed by atoms with E-state index >= 15 is 0 Å². The second kappa shape index (κ2) is 7.47. The lowest BCUT2D eigenvalue weighted by molar-refractivity contribution is -0.131. The van der Waals surface area contributed by atoms with Crippen LogP contribution in [0, 0.1) is 5.41 Å². The van der Waals surface area contributed by atoms with Crippen LogP contribution in [-0.2, 0) is 11.3 Å². The Morgan fingerprint density at radius 2 is 1.87 bits per heavy atom. The summed E-state index contributed by atoms with van der Waals surface area (Å²) in [6.45, 7) is 4.81. The molecule has 0 aliphatic heterocycles. The van der Waals surface area contributed by atoms with Crippen molar-refractivity contribution in [1.29, 1.82) is 0 Å². The van der Waals surface area contributed by atoms with E-state index in [2.05, 4.69) is 17.4 Å². The van der Waals surface area contributed by atoms with Crippen molar-refractivity contribution in [2.45, 2.75) is 33.2 Å². The van der Waals surface area contributed by atoms with Gasteiger partial charge in [0.25, 0.3) is 0 Å². The smallest absolute Gasteiger partial charge is 0.227 e. The van der Waals surface area contributed by atoms with E-state index in [0.717, 1.165) is 34.9 Å². The lowest BCUT2D eigenvalue weighted by atomic mass is 9.81. The van der Waals surface area contributed by atoms with E-state index in [9.17, 15) is 4.79 Å². The first-order chi connectivity index (χ1) is 11.1. The molecule has 23 heavy (non-hydrogen) atoms. The second-order valence-corrected chi connectivity index (χ2v) is 5.84. The number of nitrogens with one attached hydrogen (secondary N) is 1. The van der Waals surface area contributed by atoms with Gasteiger partial charge in [0.15, 0.2) is 0 Å². The normalized spacial score (nSPS) is 11.5. The monoisotopic (exact) mass is 314 g/mol. The number of carbonyl (C=O) groups is 1. The summed E-state index contributed by atoms with van der Waals surface area (Å²) in [5.74, 6) is 0.801. The lowest BCUT2D eigenvalue weighted by Gasteiger charge is -2.28. The standard InChI is InChI=1S/C19H26N2O2/c1-4-19(5-2,13-20)18(22)21-12-16-15-9-7-6-8-14(15)10-11-17(16)23-3/h6-11H,4-5,12-13,20H2,1-3H3,(H,21,22). The molecule has 0 spiro atoms. The fraction of sp³-hybridized carbons (Fsp3) is 0.421. The highest BCUT2D eigenvalue weighted by Crippen LogP contribution is 2.29. The number of fused-ring (bicyclic) bond motifs is 1. The van der Waals surface area contributed by atoms with Crippen LogP contribution in [0.2, 0.25) is 0 Å². The van der Waals surface area contributed by atoms with Crippen molar-refractivity contribution in [2.75, 3.05) is 13.7 Å². The summed E-state index contributed by atoms with van der Waals surface area (Å²) in [5.41, 5.74) is 6.37. The fourth-order valence-electron chi connectivity index (χ4n) is 3.00. The zero-order chi connectivity index (χ0) is 16.9. The molecule has 0 aromatic heterocycles. The summed E-state index contributed by atoms with van der Waals surface area (Å²) in [6.07, 6.45) is 1.47. The zero-order valence-electron chi connectivity index (χ0n) is 14.2. The minimum atomic E-state index is -0.488. The molecule has 0 fully saturated rings. The number of benzene rings is 2. The van der Waals surface area contributed by atoms with E-state index < -0.39 is 5.41 Å². The minimum Gasteiger partial charge on any atom is -0.496 e. The van der Waals surface area contributed by atoms with Gasteiger partial charge in [-0.1, -0.05) is 44.2 Å². The molecule has 0 aliphatic rings. The molecule has 124 valence electrons. The average Bonchev–Trinajstić information content (AvgIpc) is 2.61. The Labute approximate surface area is 138 Å². The summed E-state index contributed by atoms with van der Waals surface area (Å²) < 4.78 is 5.47. The van der Waals surface area contributed by atoms with Crippen molar-refractivity contribution in [3.05, 3.63) is 42.0 Å². The van der Waals surface area contributed by atoms with Crippen LogP contribution in [0.1, 0.15) is 32.3 Å². The first-order valence-corrected chi connectivity index (χ1v) is 8.14. The molecule has 4 heteroatoms. The van der Waals surface area contributed by atoms with Gasteiger partial charge in [-0.05, 0) is 29.7 Å². The van der Waals surface area contributed by atoms with Gasteiger partial charge in [0, 0.05) is 18.7 Å². The van der Waals surface area contributed by atoms with E-state index in [1.165, 1.54) is 0 Å². The van der Waals surface area contributed by atoms with Crippen LogP contribution >= 0.6 is 0 Å². The average molecular weight is 314 g/mol. The van der Waals surface area contributed by atoms with E-state index in [1.54, 1.807) is 7.11 Å². The predicted molar refractivity (Wildman–Crippen MR) is 94.4 cm³/mol. The molecule has 0 aliphatic carbocycles. The number of hydrogen-bond acceptors (Lipinski definition) is 3. The Morgan fingerprint density at radius 1 is 1.17 bits per heavy atom. The number of methoxy groups -OCH3 is 1. The maximum Gasteiger partial charge on any atom is 0.227 e. The molecule has 1 amide bonds. The number of amides is 1. The van der Waals surface area contributed by atoms with Crippen LogP contribution in [0.5, 0.6) is 5.75 Å². The second-order valence-electron chi connectivity index (χ2n) is 5.84. The van der Waals surface area contributed by atoms with Gasteiger partial charge in [0.05, 0.1) is 12.5 Å². The van der Waals surface area contributed by atoms with Crippen molar-refractivity contribution in [2.24, 2.45) is 11.1 Å². The number of hydrogen-bond donors (Lipinski definition) is 2. The number of rotatable bonds is 7. The van der Waals surface area contributed by atoms with Crippen LogP contribution in [0.3, 0.4) is 0 Å². The third-order valence-corrected chi connectivity index (χ3v) is 4.87. The Balaban J connectivity index is 2.30. The highest BCUT2D eigenvalue weighted by molar-refractivity contribution is 5.89. The summed E-state index contributed by atoms with van der Waals surface area (Å²) in [7, 11) is 1.65. The Kier molecular flexibility index (Phi) is 5.61. The van der Waals surface area contributed by atoms with Crippen molar-refractivity contribution in [1.82, 2.24) is 5.32 Å².